The molecular formula is C67H114N4O39-2. The number of carboxylic acids is 2. The predicted molar refractivity (Wildman–Crippen MR) is 356 cm³/mol. The van der Waals surface area contributed by atoms with Crippen LogP contribution in [0.2, 0.25) is 0 Å². The van der Waals surface area contributed by atoms with Crippen LogP contribution in [0.1, 0.15) is 130 Å². The number of hydrogen-bond donors (Lipinski definition) is 23. The Morgan fingerprint density at radius 2 is 0.873 bits per heavy atom. The second-order valence-corrected chi connectivity index (χ2v) is 28.6. The van der Waals surface area contributed by atoms with Gasteiger partial charge in [-0.1, -0.05) is 90.4 Å². The van der Waals surface area contributed by atoms with Gasteiger partial charge in [0.05, 0.1) is 82.7 Å². The number of ether oxygens (including phenoxy) is 12. The summed E-state index contributed by atoms with van der Waals surface area (Å²) >= 11 is 0. The van der Waals surface area contributed by atoms with Crippen molar-refractivity contribution >= 4 is 36.1 Å². The molecule has 0 aromatic heterocycles. The van der Waals surface area contributed by atoms with Gasteiger partial charge in [0.25, 0.3) is 0 Å². The second kappa shape index (κ2) is 44.6. The molecule has 0 aromatic carbocycles. The number of carbonyl (C=O) groups excluding carboxylic acids is 6. The molecule has 43 heteroatoms. The Morgan fingerprint density at radius 1 is 0.473 bits per heavy atom. The lowest BCUT2D eigenvalue weighted by molar-refractivity contribution is -0.412. The van der Waals surface area contributed by atoms with E-state index in [9.17, 15) is 136 Å². The van der Waals surface area contributed by atoms with Crippen LogP contribution in [0.25, 0.3) is 0 Å². The summed E-state index contributed by atoms with van der Waals surface area (Å²) in [7, 11) is 0. The van der Waals surface area contributed by atoms with Crippen molar-refractivity contribution in [3.05, 3.63) is 0 Å². The number of unbranched alkanes of at least 4 members (excludes halogenated alkanes) is 12. The summed E-state index contributed by atoms with van der Waals surface area (Å²) < 4.78 is 70.2. The van der Waals surface area contributed by atoms with E-state index in [1.807, 2.05) is 0 Å². The SMILES string of the molecule is CCCCCCCCCCCCCCC[C@@H](O)[C@H](CO[C@@H]1O[C@H](CO)[C@@H](O[C@@H]2O[C@H](CO)[C@H](O[C@@H]3O[C@H](CO[C@]4(C(=O)[O-])C[C@H](O)[C@@H](NC(C)=O)[C@H]([C@H](O)[C@H](O)CO)O4)[C@H](O)[C@H](O[C@@H]4O[C@H](CO)[C@H](O)[C@H](O[C@]5(C(=O)[O-])C[C@H](O)[C@@H](NC(C)=O)[C@H]([C@H](O)[C@H](O)CO)O5)[C@H]4O)[C@H]3NC(C)=O)[C@H](O)[C@H]2O)[C@H](O)[C@H]1O)NC=O. The first kappa shape index (κ1) is 94.4. The van der Waals surface area contributed by atoms with Crippen LogP contribution < -0.4 is 31.5 Å². The number of nitrogens with one attached hydrogen (secondary N) is 4. The summed E-state index contributed by atoms with van der Waals surface area (Å²) in [6.45, 7) is -2.97. The molecule has 43 nitrogen and oxygen atoms in total. The number of carboxylic acid groups (broad SMARTS) is 2. The molecule has 0 aromatic rings. The van der Waals surface area contributed by atoms with E-state index in [2.05, 4.69) is 28.2 Å². The number of hydrogen-bond acceptors (Lipinski definition) is 39. The highest BCUT2D eigenvalue weighted by atomic mass is 16.8. The molecule has 0 bridgehead atoms. The van der Waals surface area contributed by atoms with Crippen molar-refractivity contribution in [3.8, 4) is 0 Å². The Kier molecular flexibility index (Phi) is 38.3. The van der Waals surface area contributed by atoms with Crippen molar-refractivity contribution in [2.75, 3.05) is 46.2 Å². The van der Waals surface area contributed by atoms with E-state index in [4.69, 9.17) is 56.8 Å². The molecular weight excluding hydrogens is 1480 g/mol. The van der Waals surface area contributed by atoms with Crippen LogP contribution in [0, 0.1) is 0 Å². The average Bonchev–Trinajstić information content (AvgIpc) is 0.762. The minimum absolute atomic E-state index is 0.254. The zero-order chi connectivity index (χ0) is 81.6. The lowest BCUT2D eigenvalue weighted by atomic mass is 9.88. The van der Waals surface area contributed by atoms with Crippen LogP contribution in [-0.2, 0) is 85.6 Å². The molecule has 110 heavy (non-hydrogen) atoms. The average molecular weight is 1600 g/mol. The molecule has 0 unspecified atom stereocenters. The first-order chi connectivity index (χ1) is 52.1. The molecule has 6 saturated heterocycles. The van der Waals surface area contributed by atoms with Crippen LogP contribution in [0.15, 0.2) is 0 Å². The zero-order valence-electron chi connectivity index (χ0n) is 61.5. The van der Waals surface area contributed by atoms with E-state index >= 15 is 0 Å². The minimum atomic E-state index is -3.47. The second-order valence-electron chi connectivity index (χ2n) is 28.6. The van der Waals surface area contributed by atoms with Crippen LogP contribution >= 0.6 is 0 Å². The van der Waals surface area contributed by atoms with Gasteiger partial charge in [-0.2, -0.15) is 0 Å². The van der Waals surface area contributed by atoms with Gasteiger partial charge in [-0.15, -0.1) is 0 Å². The molecule has 6 aliphatic heterocycles. The fraction of sp³-hybridized carbons (Fsp3) is 0.910. The molecule has 0 spiro atoms. The van der Waals surface area contributed by atoms with E-state index in [0.717, 1.165) is 52.9 Å². The third kappa shape index (κ3) is 24.3. The maximum Gasteiger partial charge on any atom is 0.217 e. The first-order valence-electron chi connectivity index (χ1n) is 37.0. The molecule has 0 radical (unpaired) electrons. The van der Waals surface area contributed by atoms with Gasteiger partial charge in [0, 0.05) is 33.6 Å². The molecule has 6 rings (SSSR count). The summed E-state index contributed by atoms with van der Waals surface area (Å²) in [6, 6.07) is -6.79. The highest BCUT2D eigenvalue weighted by Crippen LogP contribution is 2.41. The normalized spacial score (nSPS) is 38.6. The number of aliphatic hydroxyl groups is 19. The minimum Gasteiger partial charge on any atom is -0.544 e. The van der Waals surface area contributed by atoms with E-state index in [1.54, 1.807) is 0 Å². The Hall–Kier alpha value is -4.42. The first-order valence-corrected chi connectivity index (χ1v) is 37.0. The molecule has 34 atom stereocenters. The lowest BCUT2D eigenvalue weighted by Gasteiger charge is -2.53. The van der Waals surface area contributed by atoms with Crippen molar-refractivity contribution in [1.29, 1.82) is 0 Å². The third-order valence-corrected chi connectivity index (χ3v) is 20.3. The summed E-state index contributed by atoms with van der Waals surface area (Å²) in [5.74, 6) is -14.5. The fourth-order valence-electron chi connectivity index (χ4n) is 14.3. The van der Waals surface area contributed by atoms with Gasteiger partial charge < -0.3 is 195 Å². The maximum absolute atomic E-state index is 13.4. The lowest BCUT2D eigenvalue weighted by Crippen LogP contribution is -2.73. The summed E-state index contributed by atoms with van der Waals surface area (Å²) in [6.07, 6.45) is -49.3. The monoisotopic (exact) mass is 1600 g/mol. The van der Waals surface area contributed by atoms with E-state index in [0.29, 0.717) is 12.8 Å². The van der Waals surface area contributed by atoms with Gasteiger partial charge in [-0.05, 0) is 6.42 Å². The number of carbonyl (C=O) groups is 6. The zero-order valence-corrected chi connectivity index (χ0v) is 61.5. The molecule has 638 valence electrons. The van der Waals surface area contributed by atoms with Gasteiger partial charge in [0.1, 0.15) is 146 Å². The molecule has 0 aliphatic carbocycles. The van der Waals surface area contributed by atoms with Crippen molar-refractivity contribution in [1.82, 2.24) is 21.3 Å². The van der Waals surface area contributed by atoms with Gasteiger partial charge in [0.15, 0.2) is 25.2 Å². The van der Waals surface area contributed by atoms with E-state index in [-0.39, 0.29) is 6.42 Å². The molecule has 6 heterocycles. The third-order valence-electron chi connectivity index (χ3n) is 20.3. The van der Waals surface area contributed by atoms with Gasteiger partial charge in [-0.25, -0.2) is 0 Å². The maximum atomic E-state index is 13.4. The summed E-state index contributed by atoms with van der Waals surface area (Å²) in [5.41, 5.74) is 0. The molecule has 23 N–H and O–H groups in total. The molecule has 0 saturated carbocycles. The molecule has 4 amide bonds. The van der Waals surface area contributed by atoms with Crippen molar-refractivity contribution < 1.29 is 193 Å². The van der Waals surface area contributed by atoms with Gasteiger partial charge >= 0.3 is 0 Å². The standard InChI is InChI=1S/C67H116N4O39/c1-5-6-7-8-9-10-11-12-13-14-15-16-17-18-33(81)32(68-28-77)26-99-61-51(92)49(90)55(39(24-75)102-61)106-62-52(93)50(91)54(40(25-76)103-62)105-60-44(71-31(4)80)56(48(89)41(104-60)27-100-66(64(95)96)19-34(82)42(69-29(2)78)57(108-66)45(86)36(84)21-72)107-63-53(94)59(47(88)38(23-74)101-63)110-67(65(97)98)20-35(83)43(70-30(3)79)58(109-67)46(87)37(85)22-73/h28,32-63,72-76,81-94H,5-27H2,1-4H3,(H,68,77)(H,69,78)(H,70,79)(H,71,80)(H,95,96)(H,97,98)/p-2/t32-,33+,34-,35-,36+,37+,38+,39+,40+,41+,42+,43+,44+,45+,46+,47-,48-,49+,50+,51+,52+,53+,54-,55+,56+,57+,58+,59-,60-,61+,62-,63-,66+,67-/m0/s1. The Bertz CT molecular complexity index is 2800. The quantitative estimate of drug-likeness (QED) is 0.0199. The van der Waals surface area contributed by atoms with Crippen LogP contribution in [0.4, 0.5) is 0 Å². The molecule has 6 fully saturated rings. The number of aliphatic carboxylic acids is 2. The topological polar surface area (TPSA) is 692 Å². The highest BCUT2D eigenvalue weighted by Gasteiger charge is 2.61. The van der Waals surface area contributed by atoms with Crippen LogP contribution in [-0.4, -0.2) is 387 Å². The Morgan fingerprint density at radius 3 is 1.34 bits per heavy atom. The number of amides is 4. The van der Waals surface area contributed by atoms with E-state index < -0.39 is 296 Å². The Balaban J connectivity index is 1.27. The van der Waals surface area contributed by atoms with Gasteiger partial charge in [0.2, 0.25) is 35.7 Å². The fourth-order valence-corrected chi connectivity index (χ4v) is 14.3. The van der Waals surface area contributed by atoms with Crippen LogP contribution in [0.3, 0.4) is 0 Å². The smallest absolute Gasteiger partial charge is 0.217 e. The highest BCUT2D eigenvalue weighted by molar-refractivity contribution is 5.76. The van der Waals surface area contributed by atoms with Crippen molar-refractivity contribution in [2.24, 2.45) is 0 Å². The van der Waals surface area contributed by atoms with Gasteiger partial charge in [-0.3, -0.25) is 19.2 Å². The van der Waals surface area contributed by atoms with E-state index in [1.165, 1.54) is 44.9 Å². The predicted octanol–water partition coefficient (Wildman–Crippen LogP) is -12.9. The largest absolute Gasteiger partial charge is 0.544 e. The van der Waals surface area contributed by atoms with Crippen molar-refractivity contribution in [2.45, 2.75) is 338 Å². The summed E-state index contributed by atoms with van der Waals surface area (Å²) in [5, 5.41) is 247. The van der Waals surface area contributed by atoms with Crippen LogP contribution in [0.5, 0.6) is 0 Å². The number of aliphatic hydroxyl groups excluding tert-OH is 19. The summed E-state index contributed by atoms with van der Waals surface area (Å²) in [4.78, 5) is 76.1. The molecule has 6 aliphatic rings. The Labute approximate surface area is 632 Å². The van der Waals surface area contributed by atoms with Crippen molar-refractivity contribution in [3.63, 3.8) is 0 Å². The number of rotatable bonds is 45.